The highest BCUT2D eigenvalue weighted by Crippen LogP contribution is 2.27. The Balaban J connectivity index is 2.14. The first-order chi connectivity index (χ1) is 6.42. The van der Waals surface area contributed by atoms with E-state index in [1.54, 1.807) is 0 Å². The quantitative estimate of drug-likeness (QED) is 0.741. The highest BCUT2D eigenvalue weighted by atomic mass is 14.9. The van der Waals surface area contributed by atoms with Crippen LogP contribution in [-0.4, -0.2) is 6.54 Å². The molecule has 0 fully saturated rings. The van der Waals surface area contributed by atoms with E-state index in [1.165, 1.54) is 17.5 Å². The largest absolute Gasteiger partial charge is 0.307 e. The van der Waals surface area contributed by atoms with Gasteiger partial charge in [0.1, 0.15) is 0 Å². The zero-order chi connectivity index (χ0) is 9.10. The van der Waals surface area contributed by atoms with E-state index in [1.807, 2.05) is 0 Å². The number of rotatable bonds is 3. The molecule has 13 heavy (non-hydrogen) atoms. The molecule has 1 N–H and O–H groups in total. The molecular weight excluding hydrogens is 158 g/mol. The summed E-state index contributed by atoms with van der Waals surface area (Å²) in [7, 11) is 0. The second-order valence-electron chi connectivity index (χ2n) is 3.42. The molecule has 0 amide bonds. The maximum absolute atomic E-state index is 3.50. The van der Waals surface area contributed by atoms with E-state index in [9.17, 15) is 0 Å². The fourth-order valence-electron chi connectivity index (χ4n) is 1.73. The molecule has 1 aliphatic carbocycles. The lowest BCUT2D eigenvalue weighted by molar-refractivity contribution is 0.619. The highest BCUT2D eigenvalue weighted by Gasteiger charge is 2.14. The molecule has 1 heteroatoms. The molecule has 1 aromatic rings. The lowest BCUT2D eigenvalue weighted by Crippen LogP contribution is -2.18. The third-order valence-corrected chi connectivity index (χ3v) is 2.41. The Labute approximate surface area is 79.5 Å². The van der Waals surface area contributed by atoms with E-state index < -0.39 is 0 Å². The first kappa shape index (κ1) is 8.52. The predicted molar refractivity (Wildman–Crippen MR) is 56.5 cm³/mol. The van der Waals surface area contributed by atoms with Crippen molar-refractivity contribution in [2.45, 2.75) is 19.4 Å². The van der Waals surface area contributed by atoms with Crippen molar-refractivity contribution in [3.8, 4) is 0 Å². The third kappa shape index (κ3) is 1.65. The number of hydrogen-bond acceptors (Lipinski definition) is 1. The van der Waals surface area contributed by atoms with Crippen LogP contribution in [0.5, 0.6) is 0 Å². The molecule has 0 saturated carbocycles. The van der Waals surface area contributed by atoms with Gasteiger partial charge in [-0.2, -0.15) is 0 Å². The van der Waals surface area contributed by atoms with Crippen molar-refractivity contribution in [1.82, 2.24) is 5.32 Å². The molecule has 1 nitrogen and oxygen atoms in total. The van der Waals surface area contributed by atoms with Gasteiger partial charge in [-0.25, -0.2) is 0 Å². The minimum absolute atomic E-state index is 0.441. The van der Waals surface area contributed by atoms with Crippen LogP contribution in [0.15, 0.2) is 30.3 Å². The SMILES string of the molecule is CCCNC1C=Cc2ccccc21. The average molecular weight is 173 g/mol. The van der Waals surface area contributed by atoms with E-state index in [4.69, 9.17) is 0 Å². The summed E-state index contributed by atoms with van der Waals surface area (Å²) in [5, 5.41) is 3.50. The minimum Gasteiger partial charge on any atom is -0.307 e. The van der Waals surface area contributed by atoms with Crippen molar-refractivity contribution in [1.29, 1.82) is 0 Å². The summed E-state index contributed by atoms with van der Waals surface area (Å²) >= 11 is 0. The van der Waals surface area contributed by atoms with Gasteiger partial charge in [0.15, 0.2) is 0 Å². The zero-order valence-electron chi connectivity index (χ0n) is 7.96. The first-order valence-corrected chi connectivity index (χ1v) is 4.92. The summed E-state index contributed by atoms with van der Waals surface area (Å²) in [4.78, 5) is 0. The van der Waals surface area contributed by atoms with Gasteiger partial charge in [0, 0.05) is 0 Å². The highest BCUT2D eigenvalue weighted by molar-refractivity contribution is 5.61. The van der Waals surface area contributed by atoms with E-state index in [2.05, 4.69) is 48.7 Å². The summed E-state index contributed by atoms with van der Waals surface area (Å²) in [5.74, 6) is 0. The fourth-order valence-corrected chi connectivity index (χ4v) is 1.73. The second-order valence-corrected chi connectivity index (χ2v) is 3.42. The maximum atomic E-state index is 3.50. The van der Waals surface area contributed by atoms with E-state index >= 15 is 0 Å². The van der Waals surface area contributed by atoms with E-state index in [0.717, 1.165) is 6.54 Å². The number of fused-ring (bicyclic) bond motifs is 1. The molecule has 1 aliphatic rings. The predicted octanol–water partition coefficient (Wildman–Crippen LogP) is 2.75. The number of nitrogens with one attached hydrogen (secondary N) is 1. The normalized spacial score (nSPS) is 19.0. The second kappa shape index (κ2) is 3.75. The summed E-state index contributed by atoms with van der Waals surface area (Å²) in [6, 6.07) is 9.00. The molecule has 1 aromatic carbocycles. The van der Waals surface area contributed by atoms with Crippen LogP contribution in [0.4, 0.5) is 0 Å². The monoisotopic (exact) mass is 173 g/mol. The van der Waals surface area contributed by atoms with Gasteiger partial charge in [-0.3, -0.25) is 0 Å². The molecule has 2 rings (SSSR count). The van der Waals surface area contributed by atoms with Crippen LogP contribution >= 0.6 is 0 Å². The van der Waals surface area contributed by atoms with Gasteiger partial charge in [-0.05, 0) is 24.1 Å². The topological polar surface area (TPSA) is 12.0 Å². The van der Waals surface area contributed by atoms with Crippen molar-refractivity contribution in [2.24, 2.45) is 0 Å². The van der Waals surface area contributed by atoms with Gasteiger partial charge in [-0.1, -0.05) is 43.3 Å². The molecule has 0 aromatic heterocycles. The van der Waals surface area contributed by atoms with Crippen LogP contribution in [0.2, 0.25) is 0 Å². The Kier molecular flexibility index (Phi) is 2.46. The number of hydrogen-bond donors (Lipinski definition) is 1. The van der Waals surface area contributed by atoms with Crippen molar-refractivity contribution in [3.63, 3.8) is 0 Å². The van der Waals surface area contributed by atoms with Crippen molar-refractivity contribution >= 4 is 6.08 Å². The van der Waals surface area contributed by atoms with Crippen LogP contribution in [0.3, 0.4) is 0 Å². The summed E-state index contributed by atoms with van der Waals surface area (Å²) < 4.78 is 0. The molecule has 1 atom stereocenters. The van der Waals surface area contributed by atoms with Crippen molar-refractivity contribution < 1.29 is 0 Å². The van der Waals surface area contributed by atoms with Crippen molar-refractivity contribution in [2.75, 3.05) is 6.54 Å². The Morgan fingerprint density at radius 2 is 2.15 bits per heavy atom. The Morgan fingerprint density at radius 1 is 1.31 bits per heavy atom. The summed E-state index contributed by atoms with van der Waals surface area (Å²) in [5.41, 5.74) is 2.77. The lowest BCUT2D eigenvalue weighted by atomic mass is 10.1. The van der Waals surface area contributed by atoms with Crippen LogP contribution in [0.1, 0.15) is 30.5 Å². The average Bonchev–Trinajstić information content (AvgIpc) is 2.58. The van der Waals surface area contributed by atoms with Gasteiger partial charge in [0.05, 0.1) is 6.04 Å². The molecular formula is C12H15N. The van der Waals surface area contributed by atoms with Crippen LogP contribution in [0, 0.1) is 0 Å². The maximum Gasteiger partial charge on any atom is 0.0515 e. The van der Waals surface area contributed by atoms with E-state index in [-0.39, 0.29) is 0 Å². The van der Waals surface area contributed by atoms with Crippen LogP contribution < -0.4 is 5.32 Å². The molecule has 0 aliphatic heterocycles. The van der Waals surface area contributed by atoms with Gasteiger partial charge in [0.25, 0.3) is 0 Å². The standard InChI is InChI=1S/C12H15N/c1-2-9-13-12-8-7-10-5-3-4-6-11(10)12/h3-8,12-13H,2,9H2,1H3. The van der Waals surface area contributed by atoms with Crippen molar-refractivity contribution in [3.05, 3.63) is 41.5 Å². The molecule has 68 valence electrons. The third-order valence-electron chi connectivity index (χ3n) is 2.41. The molecule has 1 unspecified atom stereocenters. The first-order valence-electron chi connectivity index (χ1n) is 4.92. The Bertz CT molecular complexity index is 315. The van der Waals surface area contributed by atoms with E-state index in [0.29, 0.717) is 6.04 Å². The fraction of sp³-hybridized carbons (Fsp3) is 0.333. The Hall–Kier alpha value is -1.08. The van der Waals surface area contributed by atoms with Gasteiger partial charge in [0.2, 0.25) is 0 Å². The lowest BCUT2D eigenvalue weighted by Gasteiger charge is -2.11. The molecule has 0 saturated heterocycles. The molecule has 0 heterocycles. The van der Waals surface area contributed by atoms with Gasteiger partial charge in [-0.15, -0.1) is 0 Å². The Morgan fingerprint density at radius 3 is 3.00 bits per heavy atom. The molecule has 0 radical (unpaired) electrons. The molecule has 0 spiro atoms. The van der Waals surface area contributed by atoms with Crippen LogP contribution in [0.25, 0.3) is 6.08 Å². The smallest absolute Gasteiger partial charge is 0.0515 e. The van der Waals surface area contributed by atoms with Gasteiger partial charge >= 0.3 is 0 Å². The minimum atomic E-state index is 0.441. The zero-order valence-corrected chi connectivity index (χ0v) is 7.96. The van der Waals surface area contributed by atoms with Gasteiger partial charge < -0.3 is 5.32 Å². The summed E-state index contributed by atoms with van der Waals surface area (Å²) in [6.45, 7) is 3.28. The molecule has 0 bridgehead atoms. The van der Waals surface area contributed by atoms with Crippen LogP contribution in [-0.2, 0) is 0 Å². The number of benzene rings is 1. The summed E-state index contributed by atoms with van der Waals surface area (Å²) in [6.07, 6.45) is 5.62.